The molecule has 0 heterocycles. The highest BCUT2D eigenvalue weighted by Crippen LogP contribution is 2.27. The van der Waals surface area contributed by atoms with Gasteiger partial charge in [0.05, 0.1) is 4.92 Å². The van der Waals surface area contributed by atoms with Crippen molar-refractivity contribution in [1.29, 1.82) is 0 Å². The first-order valence-corrected chi connectivity index (χ1v) is 3.60. The van der Waals surface area contributed by atoms with Gasteiger partial charge in [0.25, 0.3) is 5.69 Å². The van der Waals surface area contributed by atoms with E-state index in [1.54, 1.807) is 12.1 Å². The number of hydrogen-bond acceptors (Lipinski definition) is 2. The van der Waals surface area contributed by atoms with Gasteiger partial charge in [-0.15, -0.1) is 0 Å². The van der Waals surface area contributed by atoms with Crippen molar-refractivity contribution in [3.63, 3.8) is 0 Å². The summed E-state index contributed by atoms with van der Waals surface area (Å²) in [6, 6.07) is 4.60. The lowest BCUT2D eigenvalue weighted by molar-refractivity contribution is -0.384. The van der Waals surface area contributed by atoms with Crippen molar-refractivity contribution in [2.24, 2.45) is 0 Å². The van der Waals surface area contributed by atoms with Crippen LogP contribution in [0.15, 0.2) is 24.8 Å². The van der Waals surface area contributed by atoms with Gasteiger partial charge in [-0.2, -0.15) is 0 Å². The summed E-state index contributed by atoms with van der Waals surface area (Å²) in [6.07, 6.45) is 1.48. The smallest absolute Gasteiger partial charge is 0.258 e. The minimum atomic E-state index is -0.519. The van der Waals surface area contributed by atoms with Crippen LogP contribution >= 0.6 is 11.6 Å². The van der Waals surface area contributed by atoms with Gasteiger partial charge in [0, 0.05) is 6.07 Å². The van der Waals surface area contributed by atoms with Crippen molar-refractivity contribution in [1.82, 2.24) is 0 Å². The van der Waals surface area contributed by atoms with Gasteiger partial charge in [-0.05, 0) is 5.56 Å². The van der Waals surface area contributed by atoms with E-state index in [9.17, 15) is 10.1 Å². The first kappa shape index (κ1) is 8.74. The van der Waals surface area contributed by atoms with Crippen molar-refractivity contribution < 1.29 is 4.92 Å². The minimum absolute atomic E-state index is 0.0888. The lowest BCUT2D eigenvalue weighted by atomic mass is 10.2. The molecule has 1 rings (SSSR count). The molecule has 0 spiro atoms. The molecule has 0 saturated carbocycles. The van der Waals surface area contributed by atoms with Crippen LogP contribution in [0.25, 0.3) is 6.08 Å². The molecule has 0 saturated heterocycles. The average molecular weight is 184 g/mol. The molecule has 0 aliphatic carbocycles. The average Bonchev–Trinajstić information content (AvgIpc) is 2.04. The van der Waals surface area contributed by atoms with Gasteiger partial charge in [-0.3, -0.25) is 10.1 Å². The maximum absolute atomic E-state index is 10.4. The van der Waals surface area contributed by atoms with Crippen LogP contribution in [-0.2, 0) is 0 Å². The largest absolute Gasteiger partial charge is 0.288 e. The molecular weight excluding hydrogens is 178 g/mol. The SMILES string of the molecule is C=Cc1cccc([N+](=O)[O-])c1Cl. The summed E-state index contributed by atoms with van der Waals surface area (Å²) in [4.78, 5) is 9.86. The molecule has 0 aromatic heterocycles. The molecule has 1 aromatic rings. The monoisotopic (exact) mass is 183 g/mol. The number of benzene rings is 1. The van der Waals surface area contributed by atoms with Crippen LogP contribution < -0.4 is 0 Å². The molecular formula is C8H6ClNO2. The highest BCUT2D eigenvalue weighted by atomic mass is 35.5. The molecule has 12 heavy (non-hydrogen) atoms. The van der Waals surface area contributed by atoms with Crippen molar-refractivity contribution in [3.05, 3.63) is 45.5 Å². The van der Waals surface area contributed by atoms with E-state index in [1.807, 2.05) is 0 Å². The Bertz CT molecular complexity index is 336. The van der Waals surface area contributed by atoms with E-state index in [0.717, 1.165) is 0 Å². The highest BCUT2D eigenvalue weighted by molar-refractivity contribution is 6.34. The Morgan fingerprint density at radius 1 is 1.58 bits per heavy atom. The van der Waals surface area contributed by atoms with E-state index >= 15 is 0 Å². The predicted octanol–water partition coefficient (Wildman–Crippen LogP) is 2.89. The van der Waals surface area contributed by atoms with E-state index < -0.39 is 4.92 Å². The Morgan fingerprint density at radius 3 is 2.75 bits per heavy atom. The second kappa shape index (κ2) is 3.36. The lowest BCUT2D eigenvalue weighted by Crippen LogP contribution is -1.89. The number of hydrogen-bond donors (Lipinski definition) is 0. The number of rotatable bonds is 2. The summed E-state index contributed by atoms with van der Waals surface area (Å²) in [5, 5.41) is 10.5. The molecule has 62 valence electrons. The number of nitro benzene ring substituents is 1. The predicted molar refractivity (Wildman–Crippen MR) is 48.2 cm³/mol. The third-order valence-corrected chi connectivity index (χ3v) is 1.84. The topological polar surface area (TPSA) is 43.1 Å². The molecule has 0 radical (unpaired) electrons. The van der Waals surface area contributed by atoms with Crippen molar-refractivity contribution in [2.75, 3.05) is 0 Å². The fourth-order valence-corrected chi connectivity index (χ4v) is 1.11. The number of nitrogens with zero attached hydrogens (tertiary/aromatic N) is 1. The Kier molecular flexibility index (Phi) is 2.45. The number of nitro groups is 1. The normalized spacial score (nSPS) is 9.42. The van der Waals surface area contributed by atoms with E-state index in [-0.39, 0.29) is 10.7 Å². The maximum Gasteiger partial charge on any atom is 0.288 e. The van der Waals surface area contributed by atoms with Gasteiger partial charge in [0.15, 0.2) is 0 Å². The quantitative estimate of drug-likeness (QED) is 0.523. The van der Waals surface area contributed by atoms with Crippen molar-refractivity contribution in [2.45, 2.75) is 0 Å². The Labute approximate surface area is 74.4 Å². The Morgan fingerprint density at radius 2 is 2.25 bits per heavy atom. The van der Waals surface area contributed by atoms with Gasteiger partial charge >= 0.3 is 0 Å². The van der Waals surface area contributed by atoms with E-state index in [1.165, 1.54) is 12.1 Å². The van der Waals surface area contributed by atoms with Crippen LogP contribution in [0.3, 0.4) is 0 Å². The highest BCUT2D eigenvalue weighted by Gasteiger charge is 2.12. The molecule has 3 nitrogen and oxygen atoms in total. The molecule has 0 unspecified atom stereocenters. The molecule has 0 amide bonds. The van der Waals surface area contributed by atoms with Gasteiger partial charge in [0.1, 0.15) is 5.02 Å². The molecule has 0 aliphatic rings. The summed E-state index contributed by atoms with van der Waals surface area (Å²) < 4.78 is 0. The molecule has 0 atom stereocenters. The molecule has 0 N–H and O–H groups in total. The molecule has 1 aromatic carbocycles. The van der Waals surface area contributed by atoms with Gasteiger partial charge in [0.2, 0.25) is 0 Å². The fraction of sp³-hybridized carbons (Fsp3) is 0. The van der Waals surface area contributed by atoms with E-state index in [4.69, 9.17) is 11.6 Å². The second-order valence-electron chi connectivity index (χ2n) is 2.14. The summed E-state index contributed by atoms with van der Waals surface area (Å²) >= 11 is 5.69. The standard InChI is InChI=1S/C8H6ClNO2/c1-2-6-4-3-5-7(8(6)9)10(11)12/h2-5H,1H2. The zero-order chi connectivity index (χ0) is 9.14. The Balaban J connectivity index is 3.32. The van der Waals surface area contributed by atoms with Crippen LogP contribution in [0.1, 0.15) is 5.56 Å². The van der Waals surface area contributed by atoms with Crippen LogP contribution in [0.2, 0.25) is 5.02 Å². The fourth-order valence-electron chi connectivity index (χ4n) is 0.836. The summed E-state index contributed by atoms with van der Waals surface area (Å²) in [7, 11) is 0. The summed E-state index contributed by atoms with van der Waals surface area (Å²) in [5.41, 5.74) is 0.486. The van der Waals surface area contributed by atoms with Crippen LogP contribution in [0.5, 0.6) is 0 Å². The van der Waals surface area contributed by atoms with Gasteiger partial charge in [-0.25, -0.2) is 0 Å². The van der Waals surface area contributed by atoms with Crippen LogP contribution in [0, 0.1) is 10.1 Å². The number of halogens is 1. The van der Waals surface area contributed by atoms with Gasteiger partial charge in [-0.1, -0.05) is 36.4 Å². The van der Waals surface area contributed by atoms with E-state index in [0.29, 0.717) is 5.56 Å². The van der Waals surface area contributed by atoms with Gasteiger partial charge < -0.3 is 0 Å². The summed E-state index contributed by atoms with van der Waals surface area (Å²) in [5.74, 6) is 0. The van der Waals surface area contributed by atoms with E-state index in [2.05, 4.69) is 6.58 Å². The first-order valence-electron chi connectivity index (χ1n) is 3.22. The molecule has 0 bridgehead atoms. The van der Waals surface area contributed by atoms with Crippen LogP contribution in [-0.4, -0.2) is 4.92 Å². The molecule has 0 aliphatic heterocycles. The molecule has 0 fully saturated rings. The lowest BCUT2D eigenvalue weighted by Gasteiger charge is -1.97. The van der Waals surface area contributed by atoms with Crippen molar-refractivity contribution >= 4 is 23.4 Å². The third-order valence-electron chi connectivity index (χ3n) is 1.42. The second-order valence-corrected chi connectivity index (χ2v) is 2.52. The zero-order valence-electron chi connectivity index (χ0n) is 6.16. The minimum Gasteiger partial charge on any atom is -0.258 e. The van der Waals surface area contributed by atoms with Crippen molar-refractivity contribution in [3.8, 4) is 0 Å². The molecule has 4 heteroatoms. The first-order chi connectivity index (χ1) is 5.66. The zero-order valence-corrected chi connectivity index (χ0v) is 6.91. The third kappa shape index (κ3) is 1.46. The summed E-state index contributed by atoms with van der Waals surface area (Å²) in [6.45, 7) is 3.49. The maximum atomic E-state index is 10.4. The van der Waals surface area contributed by atoms with Crippen LogP contribution in [0.4, 0.5) is 5.69 Å². The Hall–Kier alpha value is -1.35.